The Kier molecular flexibility index (Phi) is 3.36. The van der Waals surface area contributed by atoms with Gasteiger partial charge >= 0.3 is 0 Å². The summed E-state index contributed by atoms with van der Waals surface area (Å²) in [4.78, 5) is 4.77. The normalized spacial score (nSPS) is 10.9. The molecule has 0 saturated carbocycles. The topological polar surface area (TPSA) is 17.8 Å². The molecular weight excluding hydrogens is 264 g/mol. The molecular formula is C17H16N2S. The van der Waals surface area contributed by atoms with E-state index in [0.717, 1.165) is 33.5 Å². The van der Waals surface area contributed by atoms with Gasteiger partial charge in [-0.15, -0.1) is 0 Å². The highest BCUT2D eigenvalue weighted by atomic mass is 32.1. The highest BCUT2D eigenvalue weighted by Crippen LogP contribution is 2.21. The molecule has 2 nitrogen and oxygen atoms in total. The summed E-state index contributed by atoms with van der Waals surface area (Å²) in [5, 5.41) is 1.03. The molecule has 100 valence electrons. The minimum atomic E-state index is 0.835. The highest BCUT2D eigenvalue weighted by Gasteiger charge is 2.10. The first-order chi connectivity index (χ1) is 9.72. The van der Waals surface area contributed by atoms with E-state index in [-0.39, 0.29) is 0 Å². The number of para-hydroxylation sites is 2. The molecule has 0 bridgehead atoms. The van der Waals surface area contributed by atoms with Gasteiger partial charge in [0.25, 0.3) is 0 Å². The molecule has 2 aromatic carbocycles. The minimum Gasteiger partial charge on any atom is -0.288 e. The third kappa shape index (κ3) is 2.04. The van der Waals surface area contributed by atoms with Crippen molar-refractivity contribution in [3.8, 4) is 5.69 Å². The number of nitrogens with zero attached hydrogens (tertiary/aromatic N) is 2. The lowest BCUT2D eigenvalue weighted by Crippen LogP contribution is -2.09. The molecule has 0 unspecified atom stereocenters. The molecule has 1 heterocycles. The highest BCUT2D eigenvalue weighted by molar-refractivity contribution is 7.71. The van der Waals surface area contributed by atoms with E-state index in [1.165, 1.54) is 5.56 Å². The van der Waals surface area contributed by atoms with Crippen LogP contribution in [0.1, 0.15) is 18.3 Å². The lowest BCUT2D eigenvalue weighted by atomic mass is 10.1. The third-order valence-electron chi connectivity index (χ3n) is 3.52. The average Bonchev–Trinajstić information content (AvgIpc) is 2.48. The van der Waals surface area contributed by atoms with Gasteiger partial charge in [0.15, 0.2) is 0 Å². The molecule has 0 saturated heterocycles. The Labute approximate surface area is 123 Å². The van der Waals surface area contributed by atoms with Crippen molar-refractivity contribution in [1.29, 1.82) is 0 Å². The molecule has 0 amide bonds. The second kappa shape index (κ2) is 5.17. The molecule has 1 aromatic heterocycles. The molecule has 0 atom stereocenters. The number of rotatable bonds is 2. The molecule has 20 heavy (non-hydrogen) atoms. The first kappa shape index (κ1) is 13.0. The summed E-state index contributed by atoms with van der Waals surface area (Å²) in [6.45, 7) is 4.21. The van der Waals surface area contributed by atoms with E-state index >= 15 is 0 Å². The number of benzene rings is 2. The van der Waals surface area contributed by atoms with Gasteiger partial charge in [0.1, 0.15) is 10.5 Å². The number of aromatic nitrogens is 2. The Bertz CT molecular complexity index is 834. The van der Waals surface area contributed by atoms with Gasteiger partial charge in [-0.1, -0.05) is 49.5 Å². The van der Waals surface area contributed by atoms with E-state index < -0.39 is 0 Å². The zero-order valence-corrected chi connectivity index (χ0v) is 12.4. The Balaban J connectivity index is 2.43. The SMILES string of the molecule is CCc1nc2ccccc2c(=S)n1-c1ccccc1C. The van der Waals surface area contributed by atoms with Crippen molar-refractivity contribution in [2.24, 2.45) is 0 Å². The summed E-state index contributed by atoms with van der Waals surface area (Å²) in [5.41, 5.74) is 3.29. The monoisotopic (exact) mass is 280 g/mol. The van der Waals surface area contributed by atoms with Crippen LogP contribution >= 0.6 is 12.2 Å². The minimum absolute atomic E-state index is 0.835. The van der Waals surface area contributed by atoms with E-state index in [2.05, 4.69) is 30.5 Å². The molecule has 0 spiro atoms. The molecule has 3 heteroatoms. The molecule has 0 aliphatic heterocycles. The summed E-state index contributed by atoms with van der Waals surface area (Å²) in [5.74, 6) is 1.00. The number of hydrogen-bond donors (Lipinski definition) is 0. The molecule has 0 N–H and O–H groups in total. The second-order valence-corrected chi connectivity index (χ2v) is 5.21. The summed E-state index contributed by atoms with van der Waals surface area (Å²) in [6.07, 6.45) is 0.850. The third-order valence-corrected chi connectivity index (χ3v) is 3.92. The molecule has 0 radical (unpaired) electrons. The molecule has 0 fully saturated rings. The second-order valence-electron chi connectivity index (χ2n) is 4.83. The quantitative estimate of drug-likeness (QED) is 0.637. The van der Waals surface area contributed by atoms with Crippen LogP contribution in [0.5, 0.6) is 0 Å². The van der Waals surface area contributed by atoms with Gasteiger partial charge in [0.2, 0.25) is 0 Å². The van der Waals surface area contributed by atoms with Crippen LogP contribution in [0.3, 0.4) is 0 Å². The fourth-order valence-corrected chi connectivity index (χ4v) is 2.85. The van der Waals surface area contributed by atoms with E-state index in [4.69, 9.17) is 17.2 Å². The van der Waals surface area contributed by atoms with Crippen molar-refractivity contribution in [2.45, 2.75) is 20.3 Å². The largest absolute Gasteiger partial charge is 0.288 e. The van der Waals surface area contributed by atoms with Gasteiger partial charge in [-0.25, -0.2) is 4.98 Å². The van der Waals surface area contributed by atoms with Crippen molar-refractivity contribution in [3.63, 3.8) is 0 Å². The summed E-state index contributed by atoms with van der Waals surface area (Å²) < 4.78 is 2.94. The van der Waals surface area contributed by atoms with Gasteiger partial charge in [-0.05, 0) is 30.7 Å². The van der Waals surface area contributed by atoms with E-state index in [1.54, 1.807) is 0 Å². The maximum atomic E-state index is 5.71. The Morgan fingerprint density at radius 2 is 1.75 bits per heavy atom. The first-order valence-corrected chi connectivity index (χ1v) is 7.20. The Morgan fingerprint density at radius 1 is 1.05 bits per heavy atom. The fourth-order valence-electron chi connectivity index (χ4n) is 2.48. The summed E-state index contributed by atoms with van der Waals surface area (Å²) >= 11 is 5.71. The van der Waals surface area contributed by atoms with Gasteiger partial charge in [0.05, 0.1) is 11.2 Å². The van der Waals surface area contributed by atoms with Crippen LogP contribution in [-0.2, 0) is 6.42 Å². The maximum Gasteiger partial charge on any atom is 0.121 e. The van der Waals surface area contributed by atoms with Crippen molar-refractivity contribution in [2.75, 3.05) is 0 Å². The van der Waals surface area contributed by atoms with Crippen LogP contribution in [0.15, 0.2) is 48.5 Å². The summed E-state index contributed by atoms with van der Waals surface area (Å²) in [7, 11) is 0. The zero-order chi connectivity index (χ0) is 14.1. The fraction of sp³-hybridized carbons (Fsp3) is 0.176. The number of hydrogen-bond acceptors (Lipinski definition) is 2. The number of fused-ring (bicyclic) bond motifs is 1. The van der Waals surface area contributed by atoms with Gasteiger partial charge in [-0.2, -0.15) is 0 Å². The van der Waals surface area contributed by atoms with Crippen LogP contribution < -0.4 is 0 Å². The summed E-state index contributed by atoms with van der Waals surface area (Å²) in [6, 6.07) is 16.4. The Morgan fingerprint density at radius 3 is 2.50 bits per heavy atom. The van der Waals surface area contributed by atoms with E-state index in [1.807, 2.05) is 36.4 Å². The van der Waals surface area contributed by atoms with Crippen LogP contribution in [0.2, 0.25) is 0 Å². The molecule has 3 rings (SSSR count). The maximum absolute atomic E-state index is 5.71. The van der Waals surface area contributed by atoms with Crippen LogP contribution in [0, 0.1) is 11.6 Å². The molecule has 3 aromatic rings. The molecule has 0 aliphatic carbocycles. The smallest absolute Gasteiger partial charge is 0.121 e. The predicted octanol–water partition coefficient (Wildman–Crippen LogP) is 4.63. The standard InChI is InChI=1S/C17H16N2S/c1-3-16-18-14-10-6-5-9-13(14)17(20)19(16)15-11-7-4-8-12(15)2/h4-11H,3H2,1-2H3. The molecule has 0 aliphatic rings. The van der Waals surface area contributed by atoms with E-state index in [0.29, 0.717) is 0 Å². The van der Waals surface area contributed by atoms with Gasteiger partial charge in [-0.3, -0.25) is 4.57 Å². The van der Waals surface area contributed by atoms with Crippen molar-refractivity contribution >= 4 is 23.1 Å². The van der Waals surface area contributed by atoms with Gasteiger partial charge in [0, 0.05) is 11.8 Å². The van der Waals surface area contributed by atoms with E-state index in [9.17, 15) is 0 Å². The van der Waals surface area contributed by atoms with Crippen LogP contribution in [0.25, 0.3) is 16.6 Å². The first-order valence-electron chi connectivity index (χ1n) is 6.79. The van der Waals surface area contributed by atoms with Gasteiger partial charge < -0.3 is 0 Å². The van der Waals surface area contributed by atoms with Crippen LogP contribution in [-0.4, -0.2) is 9.55 Å². The average molecular weight is 280 g/mol. The number of aryl methyl sites for hydroxylation is 2. The lowest BCUT2D eigenvalue weighted by molar-refractivity contribution is 0.844. The predicted molar refractivity (Wildman–Crippen MR) is 86.0 cm³/mol. The van der Waals surface area contributed by atoms with Crippen molar-refractivity contribution < 1.29 is 0 Å². The lowest BCUT2D eigenvalue weighted by Gasteiger charge is -2.16. The zero-order valence-electron chi connectivity index (χ0n) is 11.6. The van der Waals surface area contributed by atoms with Crippen molar-refractivity contribution in [1.82, 2.24) is 9.55 Å². The Hall–Kier alpha value is -2.00. The van der Waals surface area contributed by atoms with Crippen molar-refractivity contribution in [3.05, 3.63) is 64.6 Å². The van der Waals surface area contributed by atoms with Crippen LogP contribution in [0.4, 0.5) is 0 Å².